The number of nitro groups is 1. The van der Waals surface area contributed by atoms with Crippen molar-refractivity contribution < 1.29 is 14.5 Å². The molecule has 2 aromatic carbocycles. The zero-order valence-corrected chi connectivity index (χ0v) is 14.7. The number of amides is 2. The summed E-state index contributed by atoms with van der Waals surface area (Å²) in [6.45, 7) is 2.31. The highest BCUT2D eigenvalue weighted by atomic mass is 35.5. The molecule has 1 fully saturated rings. The van der Waals surface area contributed by atoms with Crippen LogP contribution in [0.4, 0.5) is 11.4 Å². The van der Waals surface area contributed by atoms with Gasteiger partial charge in [-0.3, -0.25) is 19.7 Å². The Labute approximate surface area is 154 Å². The van der Waals surface area contributed by atoms with Gasteiger partial charge in [-0.15, -0.1) is 0 Å². The first-order chi connectivity index (χ1) is 12.4. The van der Waals surface area contributed by atoms with Gasteiger partial charge in [-0.05, 0) is 31.2 Å². The number of non-ortho nitro benzene ring substituents is 1. The number of anilines is 1. The molecule has 0 aromatic heterocycles. The summed E-state index contributed by atoms with van der Waals surface area (Å²) in [4.78, 5) is 38.8. The van der Waals surface area contributed by atoms with Crippen LogP contribution in [0.5, 0.6) is 0 Å². The first-order valence-corrected chi connectivity index (χ1v) is 8.39. The fourth-order valence-electron chi connectivity index (χ4n) is 2.95. The van der Waals surface area contributed by atoms with Gasteiger partial charge in [-0.1, -0.05) is 23.7 Å². The number of nitrogens with zero attached hydrogens (tertiary/aromatic N) is 3. The average molecular weight is 374 g/mol. The number of benzene rings is 2. The quantitative estimate of drug-likeness (QED) is 0.611. The van der Waals surface area contributed by atoms with Crippen molar-refractivity contribution in [1.82, 2.24) is 4.90 Å². The third kappa shape index (κ3) is 3.25. The maximum atomic E-state index is 12.7. The lowest BCUT2D eigenvalue weighted by Gasteiger charge is -2.39. The first-order valence-electron chi connectivity index (χ1n) is 8.01. The summed E-state index contributed by atoms with van der Waals surface area (Å²) in [6, 6.07) is 11.8. The van der Waals surface area contributed by atoms with Crippen LogP contribution in [0.25, 0.3) is 0 Å². The highest BCUT2D eigenvalue weighted by molar-refractivity contribution is 6.33. The molecule has 2 amide bonds. The summed E-state index contributed by atoms with van der Waals surface area (Å²) in [5.41, 5.74) is 0.886. The zero-order chi connectivity index (χ0) is 18.8. The summed E-state index contributed by atoms with van der Waals surface area (Å²) >= 11 is 6.09. The molecule has 26 heavy (non-hydrogen) atoms. The number of halogens is 1. The van der Waals surface area contributed by atoms with E-state index in [4.69, 9.17) is 11.6 Å². The van der Waals surface area contributed by atoms with Gasteiger partial charge in [0.1, 0.15) is 6.04 Å². The largest absolute Gasteiger partial charge is 0.325 e. The van der Waals surface area contributed by atoms with E-state index in [1.165, 1.54) is 34.1 Å². The van der Waals surface area contributed by atoms with E-state index in [-0.39, 0.29) is 17.5 Å². The highest BCUT2D eigenvalue weighted by Crippen LogP contribution is 2.25. The second-order valence-electron chi connectivity index (χ2n) is 5.92. The number of carbonyl (C=O) groups is 2. The standard InChI is InChI=1S/C18H16ClN3O4/c1-12-17(23)21(13-6-8-14(9-7-13)22(25)26)11-10-20(12)18(24)15-4-2-3-5-16(15)19/h2-9,12H,10-11H2,1H3/t12-/m1/s1. The summed E-state index contributed by atoms with van der Waals surface area (Å²) < 4.78 is 0. The molecule has 1 heterocycles. The van der Waals surface area contributed by atoms with E-state index in [0.29, 0.717) is 29.4 Å². The molecular weight excluding hydrogens is 358 g/mol. The molecule has 0 radical (unpaired) electrons. The monoisotopic (exact) mass is 373 g/mol. The molecule has 134 valence electrons. The molecule has 0 saturated carbocycles. The maximum absolute atomic E-state index is 12.7. The van der Waals surface area contributed by atoms with Crippen molar-refractivity contribution in [2.75, 3.05) is 18.0 Å². The minimum Gasteiger partial charge on any atom is -0.325 e. The van der Waals surface area contributed by atoms with Gasteiger partial charge in [-0.2, -0.15) is 0 Å². The van der Waals surface area contributed by atoms with Gasteiger partial charge in [0.2, 0.25) is 5.91 Å². The minimum absolute atomic E-state index is 0.0400. The summed E-state index contributed by atoms with van der Waals surface area (Å²) in [5, 5.41) is 11.1. The van der Waals surface area contributed by atoms with E-state index >= 15 is 0 Å². The maximum Gasteiger partial charge on any atom is 0.269 e. The normalized spacial score (nSPS) is 17.3. The van der Waals surface area contributed by atoms with Crippen molar-refractivity contribution in [3.05, 3.63) is 69.2 Å². The Hall–Kier alpha value is -2.93. The Balaban J connectivity index is 1.79. The van der Waals surface area contributed by atoms with Gasteiger partial charge in [-0.25, -0.2) is 0 Å². The SMILES string of the molecule is C[C@@H]1C(=O)N(c2ccc([N+](=O)[O-])cc2)CCN1C(=O)c1ccccc1Cl. The van der Waals surface area contributed by atoms with Gasteiger partial charge < -0.3 is 9.80 Å². The van der Waals surface area contributed by atoms with Crippen molar-refractivity contribution in [2.45, 2.75) is 13.0 Å². The second-order valence-corrected chi connectivity index (χ2v) is 6.32. The van der Waals surface area contributed by atoms with Crippen molar-refractivity contribution in [1.29, 1.82) is 0 Å². The van der Waals surface area contributed by atoms with Crippen LogP contribution in [0.3, 0.4) is 0 Å². The number of carbonyl (C=O) groups excluding carboxylic acids is 2. The van der Waals surface area contributed by atoms with Crippen LogP contribution in [-0.2, 0) is 4.79 Å². The molecule has 7 nitrogen and oxygen atoms in total. The van der Waals surface area contributed by atoms with E-state index in [1.54, 1.807) is 31.2 Å². The van der Waals surface area contributed by atoms with Crippen LogP contribution < -0.4 is 4.90 Å². The zero-order valence-electron chi connectivity index (χ0n) is 14.0. The van der Waals surface area contributed by atoms with Crippen molar-refractivity contribution >= 4 is 34.8 Å². The molecule has 8 heteroatoms. The summed E-state index contributed by atoms with van der Waals surface area (Å²) in [6.07, 6.45) is 0. The van der Waals surface area contributed by atoms with Crippen LogP contribution in [0.15, 0.2) is 48.5 Å². The fourth-order valence-corrected chi connectivity index (χ4v) is 3.16. The smallest absolute Gasteiger partial charge is 0.269 e. The molecule has 2 aromatic rings. The molecule has 0 spiro atoms. The van der Waals surface area contributed by atoms with Gasteiger partial charge >= 0.3 is 0 Å². The van der Waals surface area contributed by atoms with Crippen LogP contribution in [0, 0.1) is 10.1 Å². The lowest BCUT2D eigenvalue weighted by molar-refractivity contribution is -0.384. The molecule has 1 atom stereocenters. The van der Waals surface area contributed by atoms with Crippen molar-refractivity contribution in [2.24, 2.45) is 0 Å². The predicted octanol–water partition coefficient (Wildman–Crippen LogP) is 3.13. The number of rotatable bonds is 3. The molecule has 1 saturated heterocycles. The molecule has 1 aliphatic rings. The van der Waals surface area contributed by atoms with Crippen LogP contribution in [0.2, 0.25) is 5.02 Å². The summed E-state index contributed by atoms with van der Waals surface area (Å²) in [5.74, 6) is -0.537. The average Bonchev–Trinajstić information content (AvgIpc) is 2.64. The van der Waals surface area contributed by atoms with E-state index in [2.05, 4.69) is 0 Å². The third-order valence-corrected chi connectivity index (χ3v) is 4.72. The Bertz CT molecular complexity index is 869. The Morgan fingerprint density at radius 3 is 2.42 bits per heavy atom. The lowest BCUT2D eigenvalue weighted by atomic mass is 10.1. The minimum atomic E-state index is -0.664. The lowest BCUT2D eigenvalue weighted by Crippen LogP contribution is -2.57. The van der Waals surface area contributed by atoms with Crippen molar-refractivity contribution in [3.8, 4) is 0 Å². The fraction of sp³-hybridized carbons (Fsp3) is 0.222. The molecule has 3 rings (SSSR count). The molecule has 1 aliphatic heterocycles. The van der Waals surface area contributed by atoms with E-state index in [9.17, 15) is 19.7 Å². The predicted molar refractivity (Wildman–Crippen MR) is 97.4 cm³/mol. The van der Waals surface area contributed by atoms with Gasteiger partial charge in [0.05, 0.1) is 15.5 Å². The molecule has 0 N–H and O–H groups in total. The molecule has 0 unspecified atom stereocenters. The van der Waals surface area contributed by atoms with E-state index in [1.807, 2.05) is 0 Å². The second kappa shape index (κ2) is 7.13. The molecule has 0 aliphatic carbocycles. The van der Waals surface area contributed by atoms with E-state index in [0.717, 1.165) is 0 Å². The number of nitro benzene ring substituents is 1. The summed E-state index contributed by atoms with van der Waals surface area (Å²) in [7, 11) is 0. The number of hydrogen-bond acceptors (Lipinski definition) is 4. The topological polar surface area (TPSA) is 83.8 Å². The third-order valence-electron chi connectivity index (χ3n) is 4.39. The Morgan fingerprint density at radius 1 is 1.15 bits per heavy atom. The first kappa shape index (κ1) is 17.9. The van der Waals surface area contributed by atoms with Crippen LogP contribution >= 0.6 is 11.6 Å². The Kier molecular flexibility index (Phi) is 4.90. The van der Waals surface area contributed by atoms with Crippen LogP contribution in [-0.4, -0.2) is 40.8 Å². The Morgan fingerprint density at radius 2 is 1.81 bits per heavy atom. The van der Waals surface area contributed by atoms with Crippen LogP contribution in [0.1, 0.15) is 17.3 Å². The van der Waals surface area contributed by atoms with E-state index < -0.39 is 11.0 Å². The molecular formula is C18H16ClN3O4. The van der Waals surface area contributed by atoms with Crippen molar-refractivity contribution in [3.63, 3.8) is 0 Å². The van der Waals surface area contributed by atoms with Gasteiger partial charge in [0.25, 0.3) is 11.6 Å². The van der Waals surface area contributed by atoms with Gasteiger partial charge in [0.15, 0.2) is 0 Å². The molecule has 0 bridgehead atoms. The number of hydrogen-bond donors (Lipinski definition) is 0. The van der Waals surface area contributed by atoms with Gasteiger partial charge in [0, 0.05) is 30.9 Å². The highest BCUT2D eigenvalue weighted by Gasteiger charge is 2.35. The number of piperazine rings is 1.